The summed E-state index contributed by atoms with van der Waals surface area (Å²) in [5, 5.41) is 0. The van der Waals surface area contributed by atoms with Crippen LogP contribution in [0.15, 0.2) is 12.3 Å². The van der Waals surface area contributed by atoms with Crippen LogP contribution in [0.2, 0.25) is 0 Å². The van der Waals surface area contributed by atoms with Gasteiger partial charge < -0.3 is 14.5 Å². The van der Waals surface area contributed by atoms with Gasteiger partial charge in [0.25, 0.3) is 0 Å². The van der Waals surface area contributed by atoms with Crippen LogP contribution in [0.25, 0.3) is 0 Å². The molecule has 2 heterocycles. The molecule has 0 spiro atoms. The Hall–Kier alpha value is -1.36. The zero-order valence-corrected chi connectivity index (χ0v) is 11.5. The summed E-state index contributed by atoms with van der Waals surface area (Å²) in [6, 6.07) is 1.77. The summed E-state index contributed by atoms with van der Waals surface area (Å²) in [4.78, 5) is 13.2. The van der Waals surface area contributed by atoms with E-state index in [0.717, 1.165) is 18.4 Å². The number of rotatable bonds is 4. The fourth-order valence-corrected chi connectivity index (χ4v) is 2.34. The van der Waals surface area contributed by atoms with E-state index < -0.39 is 0 Å². The molecule has 0 saturated carbocycles. The van der Waals surface area contributed by atoms with E-state index in [1.54, 1.807) is 19.4 Å². The maximum Gasteiger partial charge on any atom is 0.228 e. The summed E-state index contributed by atoms with van der Waals surface area (Å²) in [6.45, 7) is 3.40. The van der Waals surface area contributed by atoms with Gasteiger partial charge in [0.1, 0.15) is 0 Å². The van der Waals surface area contributed by atoms with E-state index in [1.165, 1.54) is 25.9 Å². The zero-order chi connectivity index (χ0) is 13.0. The second-order valence-electron chi connectivity index (χ2n) is 5.03. The van der Waals surface area contributed by atoms with Crippen LogP contribution in [0, 0.1) is 5.92 Å². The highest BCUT2D eigenvalue weighted by atomic mass is 16.5. The lowest BCUT2D eigenvalue weighted by Gasteiger charge is -2.31. The Bertz CT molecular complexity index is 377. The molecule has 1 aromatic heterocycles. The highest BCUT2D eigenvalue weighted by Gasteiger charge is 2.19. The molecule has 1 aromatic rings. The smallest absolute Gasteiger partial charge is 0.228 e. The third kappa shape index (κ3) is 3.32. The van der Waals surface area contributed by atoms with E-state index in [0.29, 0.717) is 5.88 Å². The quantitative estimate of drug-likeness (QED) is 0.805. The Labute approximate surface area is 109 Å². The van der Waals surface area contributed by atoms with E-state index >= 15 is 0 Å². The minimum atomic E-state index is 0.621. The number of nitrogens with zero attached hydrogens (tertiary/aromatic N) is 4. The molecule has 0 N–H and O–H groups in total. The summed E-state index contributed by atoms with van der Waals surface area (Å²) in [6.07, 6.45) is 4.25. The van der Waals surface area contributed by atoms with Gasteiger partial charge in [-0.15, -0.1) is 0 Å². The van der Waals surface area contributed by atoms with E-state index in [4.69, 9.17) is 4.74 Å². The molecule has 1 saturated heterocycles. The minimum absolute atomic E-state index is 0.621. The predicted octanol–water partition coefficient (Wildman–Crippen LogP) is 1.26. The van der Waals surface area contributed by atoms with E-state index in [-0.39, 0.29) is 0 Å². The Morgan fingerprint density at radius 2 is 2.17 bits per heavy atom. The number of methoxy groups -OCH3 is 1. The Balaban J connectivity index is 1.92. The van der Waals surface area contributed by atoms with Gasteiger partial charge in [0.2, 0.25) is 11.8 Å². The van der Waals surface area contributed by atoms with Gasteiger partial charge in [0.05, 0.1) is 7.11 Å². The van der Waals surface area contributed by atoms with Crippen LogP contribution in [-0.2, 0) is 0 Å². The first-order chi connectivity index (χ1) is 8.69. The van der Waals surface area contributed by atoms with Gasteiger partial charge in [-0.1, -0.05) is 0 Å². The van der Waals surface area contributed by atoms with Gasteiger partial charge >= 0.3 is 0 Å². The van der Waals surface area contributed by atoms with Gasteiger partial charge in [-0.25, -0.2) is 4.98 Å². The second kappa shape index (κ2) is 6.00. The molecular formula is C13H22N4O. The number of piperidine rings is 1. The minimum Gasteiger partial charge on any atom is -0.481 e. The first kappa shape index (κ1) is 13.1. The van der Waals surface area contributed by atoms with Crippen molar-refractivity contribution >= 4 is 5.95 Å². The number of likely N-dealkylation sites (tertiary alicyclic amines) is 1. The lowest BCUT2D eigenvalue weighted by molar-refractivity contribution is 0.222. The van der Waals surface area contributed by atoms with Crippen molar-refractivity contribution in [2.45, 2.75) is 12.8 Å². The predicted molar refractivity (Wildman–Crippen MR) is 72.1 cm³/mol. The largest absolute Gasteiger partial charge is 0.481 e. The Kier molecular flexibility index (Phi) is 4.36. The number of hydrogen-bond donors (Lipinski definition) is 0. The molecule has 0 amide bonds. The van der Waals surface area contributed by atoms with Gasteiger partial charge in [-0.2, -0.15) is 4.98 Å². The van der Waals surface area contributed by atoms with Crippen LogP contribution in [0.5, 0.6) is 5.88 Å². The van der Waals surface area contributed by atoms with Gasteiger partial charge in [0.15, 0.2) is 0 Å². The van der Waals surface area contributed by atoms with Gasteiger partial charge in [-0.3, -0.25) is 0 Å². The van der Waals surface area contributed by atoms with Crippen molar-refractivity contribution in [1.29, 1.82) is 0 Å². The highest BCUT2D eigenvalue weighted by molar-refractivity contribution is 5.30. The molecule has 1 fully saturated rings. The number of aromatic nitrogens is 2. The molecule has 5 heteroatoms. The molecule has 0 aliphatic carbocycles. The Morgan fingerprint density at radius 1 is 1.44 bits per heavy atom. The van der Waals surface area contributed by atoms with Gasteiger partial charge in [0, 0.05) is 25.9 Å². The SMILES string of the molecule is COc1ccnc(N(C)CC2CCN(C)CC2)n1. The topological polar surface area (TPSA) is 41.5 Å². The molecule has 0 radical (unpaired) electrons. The number of anilines is 1. The maximum absolute atomic E-state index is 5.12. The third-order valence-electron chi connectivity index (χ3n) is 3.54. The molecule has 2 rings (SSSR count). The fraction of sp³-hybridized carbons (Fsp3) is 0.692. The van der Waals surface area contributed by atoms with Crippen LogP contribution in [0.4, 0.5) is 5.95 Å². The first-order valence-electron chi connectivity index (χ1n) is 6.45. The van der Waals surface area contributed by atoms with Crippen LogP contribution in [-0.4, -0.2) is 55.7 Å². The van der Waals surface area contributed by atoms with Crippen molar-refractivity contribution in [2.75, 3.05) is 45.7 Å². The molecule has 0 bridgehead atoms. The second-order valence-corrected chi connectivity index (χ2v) is 5.03. The summed E-state index contributed by atoms with van der Waals surface area (Å²) in [5.74, 6) is 2.10. The van der Waals surface area contributed by atoms with E-state index in [1.807, 2.05) is 7.05 Å². The standard InChI is InChI=1S/C13H22N4O/c1-16-8-5-11(6-9-16)10-17(2)13-14-7-4-12(15-13)18-3/h4,7,11H,5-6,8-10H2,1-3H3. The van der Waals surface area contributed by atoms with Crippen molar-refractivity contribution in [3.05, 3.63) is 12.3 Å². The first-order valence-corrected chi connectivity index (χ1v) is 6.45. The van der Waals surface area contributed by atoms with Crippen molar-refractivity contribution in [3.63, 3.8) is 0 Å². The zero-order valence-electron chi connectivity index (χ0n) is 11.5. The number of ether oxygens (including phenoxy) is 1. The van der Waals surface area contributed by atoms with E-state index in [9.17, 15) is 0 Å². The normalized spacial score (nSPS) is 17.7. The van der Waals surface area contributed by atoms with Crippen molar-refractivity contribution in [2.24, 2.45) is 5.92 Å². The van der Waals surface area contributed by atoms with Crippen LogP contribution < -0.4 is 9.64 Å². The molecule has 1 aliphatic rings. The van der Waals surface area contributed by atoms with E-state index in [2.05, 4.69) is 26.8 Å². The molecule has 0 atom stereocenters. The maximum atomic E-state index is 5.12. The molecule has 5 nitrogen and oxygen atoms in total. The third-order valence-corrected chi connectivity index (χ3v) is 3.54. The summed E-state index contributed by atoms with van der Waals surface area (Å²) < 4.78 is 5.12. The summed E-state index contributed by atoms with van der Waals surface area (Å²) >= 11 is 0. The van der Waals surface area contributed by atoms with Crippen LogP contribution in [0.1, 0.15) is 12.8 Å². The molecule has 0 unspecified atom stereocenters. The monoisotopic (exact) mass is 250 g/mol. The average molecular weight is 250 g/mol. The molecule has 18 heavy (non-hydrogen) atoms. The molecule has 1 aliphatic heterocycles. The Morgan fingerprint density at radius 3 is 2.83 bits per heavy atom. The summed E-state index contributed by atoms with van der Waals surface area (Å²) in [7, 11) is 5.86. The average Bonchev–Trinajstić information content (AvgIpc) is 2.41. The van der Waals surface area contributed by atoms with Crippen LogP contribution in [0.3, 0.4) is 0 Å². The fourth-order valence-electron chi connectivity index (χ4n) is 2.34. The lowest BCUT2D eigenvalue weighted by Crippen LogP contribution is -2.36. The van der Waals surface area contributed by atoms with Crippen molar-refractivity contribution in [3.8, 4) is 5.88 Å². The van der Waals surface area contributed by atoms with Crippen molar-refractivity contribution in [1.82, 2.24) is 14.9 Å². The van der Waals surface area contributed by atoms with Crippen LogP contribution >= 0.6 is 0 Å². The summed E-state index contributed by atoms with van der Waals surface area (Å²) in [5.41, 5.74) is 0. The molecule has 100 valence electrons. The lowest BCUT2D eigenvalue weighted by atomic mass is 9.97. The molecular weight excluding hydrogens is 228 g/mol. The highest BCUT2D eigenvalue weighted by Crippen LogP contribution is 2.19. The van der Waals surface area contributed by atoms with Gasteiger partial charge in [-0.05, 0) is 38.9 Å². The number of hydrogen-bond acceptors (Lipinski definition) is 5. The molecule has 0 aromatic carbocycles. The van der Waals surface area contributed by atoms with Crippen molar-refractivity contribution < 1.29 is 4.74 Å².